The van der Waals surface area contributed by atoms with Crippen molar-refractivity contribution in [1.29, 1.82) is 0 Å². The lowest BCUT2D eigenvalue weighted by molar-refractivity contribution is -0.135. The van der Waals surface area contributed by atoms with Crippen LogP contribution in [0.3, 0.4) is 0 Å². The minimum atomic E-state index is -0.793. The predicted octanol–water partition coefficient (Wildman–Crippen LogP) is 3.02. The lowest BCUT2D eigenvalue weighted by Gasteiger charge is -2.19. The summed E-state index contributed by atoms with van der Waals surface area (Å²) in [5, 5.41) is 5.48. The molecule has 2 heterocycles. The van der Waals surface area contributed by atoms with Gasteiger partial charge in [-0.05, 0) is 34.1 Å². The van der Waals surface area contributed by atoms with Crippen LogP contribution in [0.5, 0.6) is 11.5 Å². The van der Waals surface area contributed by atoms with Crippen LogP contribution >= 0.6 is 15.9 Å². The zero-order valence-corrected chi connectivity index (χ0v) is 16.4. The van der Waals surface area contributed by atoms with Crippen LogP contribution in [0, 0.1) is 0 Å². The van der Waals surface area contributed by atoms with Crippen molar-refractivity contribution in [1.82, 2.24) is 9.99 Å². The highest BCUT2D eigenvalue weighted by Gasteiger charge is 2.35. The number of hydrogen-bond donors (Lipinski definition) is 0. The molecule has 1 aliphatic heterocycles. The molecule has 0 fully saturated rings. The highest BCUT2D eigenvalue weighted by molar-refractivity contribution is 9.10. The molecule has 3 rings (SSSR count). The number of esters is 1. The van der Waals surface area contributed by atoms with E-state index in [0.717, 1.165) is 4.47 Å². The number of pyridine rings is 1. The smallest absolute Gasteiger partial charge is 0.308 e. The van der Waals surface area contributed by atoms with Crippen molar-refractivity contribution in [3.8, 4) is 11.5 Å². The minimum Gasteiger partial charge on any atom is -0.493 e. The van der Waals surface area contributed by atoms with Gasteiger partial charge in [0, 0.05) is 36.3 Å². The Bertz CT molecular complexity index is 931. The molecule has 0 saturated heterocycles. The number of hydrogen-bond acceptors (Lipinski definition) is 7. The van der Waals surface area contributed by atoms with Gasteiger partial charge in [-0.15, -0.1) is 5.10 Å². The number of carbonyl (C=O) groups excluding carboxylic acids is 2. The van der Waals surface area contributed by atoms with Gasteiger partial charge in [0.15, 0.2) is 11.5 Å². The summed E-state index contributed by atoms with van der Waals surface area (Å²) in [5.74, 6) is -0.188. The third-order valence-corrected chi connectivity index (χ3v) is 4.09. The summed E-state index contributed by atoms with van der Waals surface area (Å²) in [4.78, 5) is 27.7. The van der Waals surface area contributed by atoms with E-state index in [4.69, 9.17) is 14.2 Å². The number of halogens is 1. The predicted molar refractivity (Wildman–Crippen MR) is 99.1 cm³/mol. The van der Waals surface area contributed by atoms with Gasteiger partial charge in [-0.25, -0.2) is 0 Å². The average Bonchev–Trinajstić information content (AvgIpc) is 3.07. The molecule has 0 N–H and O–H groups in total. The Kier molecular flexibility index (Phi) is 5.41. The van der Waals surface area contributed by atoms with Crippen LogP contribution in [0.4, 0.5) is 0 Å². The molecule has 1 atom stereocenters. The number of ether oxygens (including phenoxy) is 3. The maximum absolute atomic E-state index is 12.1. The van der Waals surface area contributed by atoms with Crippen molar-refractivity contribution < 1.29 is 23.8 Å². The maximum Gasteiger partial charge on any atom is 0.308 e. The van der Waals surface area contributed by atoms with Gasteiger partial charge in [0.1, 0.15) is 0 Å². The summed E-state index contributed by atoms with van der Waals surface area (Å²) in [6.07, 6.45) is 2.42. The first kappa shape index (κ1) is 18.8. The maximum atomic E-state index is 12.1. The van der Waals surface area contributed by atoms with Gasteiger partial charge in [-0.1, -0.05) is 6.07 Å². The van der Waals surface area contributed by atoms with Crippen molar-refractivity contribution >= 4 is 33.7 Å². The Morgan fingerprint density at radius 1 is 1.26 bits per heavy atom. The van der Waals surface area contributed by atoms with E-state index in [1.165, 1.54) is 26.0 Å². The van der Waals surface area contributed by atoms with Crippen LogP contribution in [0.25, 0.3) is 0 Å². The summed E-state index contributed by atoms with van der Waals surface area (Å²) in [7, 11) is 1.46. The molecule has 1 aromatic heterocycles. The number of amides is 1. The molecule has 140 valence electrons. The third-order valence-electron chi connectivity index (χ3n) is 3.65. The lowest BCUT2D eigenvalue weighted by atomic mass is 10.2. The summed E-state index contributed by atoms with van der Waals surface area (Å²) < 4.78 is 17.2. The highest BCUT2D eigenvalue weighted by Crippen LogP contribution is 2.37. The van der Waals surface area contributed by atoms with Crippen LogP contribution < -0.4 is 9.47 Å². The van der Waals surface area contributed by atoms with Gasteiger partial charge in [-0.2, -0.15) is 5.01 Å². The Balaban J connectivity index is 2.04. The van der Waals surface area contributed by atoms with Gasteiger partial charge in [-0.3, -0.25) is 14.6 Å². The van der Waals surface area contributed by atoms with Crippen molar-refractivity contribution in [2.75, 3.05) is 7.11 Å². The van der Waals surface area contributed by atoms with E-state index < -0.39 is 12.2 Å². The standard InChI is InChI=1S/C18H16BrN3O5/c1-10(23)22-18(12-7-13(19)9-20-8-12)27-17(21-22)14-5-4-6-15(25-3)16(14)26-11(2)24/h4-9,18H,1-3H3. The number of aromatic nitrogens is 1. The molecule has 1 amide bonds. The normalized spacial score (nSPS) is 15.8. The number of methoxy groups -OCH3 is 1. The molecule has 1 aromatic carbocycles. The Labute approximate surface area is 163 Å². The Morgan fingerprint density at radius 3 is 2.67 bits per heavy atom. The van der Waals surface area contributed by atoms with E-state index in [0.29, 0.717) is 16.9 Å². The van der Waals surface area contributed by atoms with E-state index >= 15 is 0 Å². The fourth-order valence-corrected chi connectivity index (χ4v) is 2.93. The molecule has 0 spiro atoms. The topological polar surface area (TPSA) is 90.3 Å². The molecule has 9 heteroatoms. The van der Waals surface area contributed by atoms with Crippen LogP contribution in [0.1, 0.15) is 31.2 Å². The zero-order valence-electron chi connectivity index (χ0n) is 14.8. The summed E-state index contributed by atoms with van der Waals surface area (Å²) in [5.41, 5.74) is 1.02. The van der Waals surface area contributed by atoms with Gasteiger partial charge in [0.2, 0.25) is 18.0 Å². The van der Waals surface area contributed by atoms with E-state index in [1.54, 1.807) is 36.7 Å². The number of carbonyl (C=O) groups is 2. The van der Waals surface area contributed by atoms with Crippen LogP contribution in [0.2, 0.25) is 0 Å². The molecule has 0 saturated carbocycles. The number of hydrazone groups is 1. The second-order valence-electron chi connectivity index (χ2n) is 5.61. The molecular formula is C18H16BrN3O5. The molecule has 1 unspecified atom stereocenters. The highest BCUT2D eigenvalue weighted by atomic mass is 79.9. The van der Waals surface area contributed by atoms with Crippen LogP contribution in [0.15, 0.2) is 46.2 Å². The van der Waals surface area contributed by atoms with Gasteiger partial charge < -0.3 is 14.2 Å². The first-order valence-electron chi connectivity index (χ1n) is 7.92. The summed E-state index contributed by atoms with van der Waals surface area (Å²) in [6, 6.07) is 6.80. The molecule has 27 heavy (non-hydrogen) atoms. The monoisotopic (exact) mass is 433 g/mol. The number of rotatable bonds is 4. The Morgan fingerprint density at radius 2 is 2.04 bits per heavy atom. The second-order valence-corrected chi connectivity index (χ2v) is 6.52. The fraction of sp³-hybridized carbons (Fsp3) is 0.222. The second kappa shape index (κ2) is 7.75. The first-order chi connectivity index (χ1) is 12.9. The van der Waals surface area contributed by atoms with E-state index in [2.05, 4.69) is 26.0 Å². The molecule has 0 radical (unpaired) electrons. The number of para-hydroxylation sites is 1. The van der Waals surface area contributed by atoms with Crippen molar-refractivity contribution in [2.24, 2.45) is 5.10 Å². The zero-order chi connectivity index (χ0) is 19.6. The number of nitrogens with zero attached hydrogens (tertiary/aromatic N) is 3. The van der Waals surface area contributed by atoms with Crippen LogP contribution in [-0.4, -0.2) is 34.9 Å². The molecule has 8 nitrogen and oxygen atoms in total. The molecule has 0 bridgehead atoms. The molecule has 0 aliphatic carbocycles. The van der Waals surface area contributed by atoms with Gasteiger partial charge in [0.25, 0.3) is 0 Å². The lowest BCUT2D eigenvalue weighted by Crippen LogP contribution is -2.25. The summed E-state index contributed by atoms with van der Waals surface area (Å²) in [6.45, 7) is 2.66. The number of benzene rings is 1. The van der Waals surface area contributed by atoms with Gasteiger partial charge >= 0.3 is 5.97 Å². The van der Waals surface area contributed by atoms with Gasteiger partial charge in [0.05, 0.1) is 12.7 Å². The molecule has 2 aromatic rings. The van der Waals surface area contributed by atoms with Crippen molar-refractivity contribution in [2.45, 2.75) is 20.1 Å². The SMILES string of the molecule is COc1cccc(C2=NN(C(C)=O)C(c3cncc(Br)c3)O2)c1OC(C)=O. The Hall–Kier alpha value is -2.94. The van der Waals surface area contributed by atoms with Crippen molar-refractivity contribution in [3.05, 3.63) is 52.3 Å². The first-order valence-corrected chi connectivity index (χ1v) is 8.71. The minimum absolute atomic E-state index is 0.130. The van der Waals surface area contributed by atoms with E-state index in [9.17, 15) is 9.59 Å². The average molecular weight is 434 g/mol. The van der Waals surface area contributed by atoms with Crippen molar-refractivity contribution in [3.63, 3.8) is 0 Å². The third kappa shape index (κ3) is 3.92. The largest absolute Gasteiger partial charge is 0.493 e. The summed E-state index contributed by atoms with van der Waals surface area (Å²) >= 11 is 3.35. The fourth-order valence-electron chi connectivity index (χ4n) is 2.55. The molecular weight excluding hydrogens is 418 g/mol. The quantitative estimate of drug-likeness (QED) is 0.543. The van der Waals surface area contributed by atoms with E-state index in [1.807, 2.05) is 0 Å². The van der Waals surface area contributed by atoms with E-state index in [-0.39, 0.29) is 17.6 Å². The molecule has 1 aliphatic rings. The van der Waals surface area contributed by atoms with Crippen LogP contribution in [-0.2, 0) is 14.3 Å².